The second-order valence-corrected chi connectivity index (χ2v) is 6.19. The topological polar surface area (TPSA) is 59.5 Å². The number of carbonyl (C=O) groups is 2. The van der Waals surface area contributed by atoms with Crippen LogP contribution in [0.5, 0.6) is 0 Å². The van der Waals surface area contributed by atoms with Gasteiger partial charge in [-0.05, 0) is 38.0 Å². The van der Waals surface area contributed by atoms with Crippen molar-refractivity contribution in [2.24, 2.45) is 0 Å². The fourth-order valence-corrected chi connectivity index (χ4v) is 3.03. The third-order valence-corrected chi connectivity index (χ3v) is 4.66. The molecule has 2 aromatic rings. The van der Waals surface area contributed by atoms with Crippen LogP contribution in [0.15, 0.2) is 24.3 Å². The molecular formula is C17H19FN2O3S. The molecule has 0 unspecified atom stereocenters. The molecule has 0 aliphatic heterocycles. The van der Waals surface area contributed by atoms with E-state index in [1.54, 1.807) is 33.0 Å². The first-order valence-corrected chi connectivity index (χ1v) is 8.39. The molecule has 5 nitrogen and oxygen atoms in total. The minimum Gasteiger partial charge on any atom is -0.462 e. The maximum atomic E-state index is 12.9. The number of ether oxygens (including phenoxy) is 1. The van der Waals surface area contributed by atoms with Crippen molar-refractivity contribution in [2.75, 3.05) is 18.6 Å². The zero-order chi connectivity index (χ0) is 17.7. The van der Waals surface area contributed by atoms with Crippen molar-refractivity contribution >= 4 is 28.3 Å². The van der Waals surface area contributed by atoms with Crippen molar-refractivity contribution in [1.29, 1.82) is 0 Å². The molecule has 24 heavy (non-hydrogen) atoms. The van der Waals surface area contributed by atoms with E-state index in [-0.39, 0.29) is 24.8 Å². The predicted octanol–water partition coefficient (Wildman–Crippen LogP) is 3.36. The standard InChI is InChI=1S/C17H19FN2O3S/c1-4-23-16(22)15-11(2)19-17(24-15)20(3)14(21)10-7-12-5-8-13(18)9-6-12/h5-6,8-9H,4,7,10H2,1-3H3. The van der Waals surface area contributed by atoms with E-state index in [0.717, 1.165) is 16.9 Å². The summed E-state index contributed by atoms with van der Waals surface area (Å²) in [6.07, 6.45) is 0.786. The van der Waals surface area contributed by atoms with Gasteiger partial charge in [-0.15, -0.1) is 0 Å². The summed E-state index contributed by atoms with van der Waals surface area (Å²) in [5, 5.41) is 0.458. The number of anilines is 1. The van der Waals surface area contributed by atoms with Crippen LogP contribution in [0, 0.1) is 12.7 Å². The SMILES string of the molecule is CCOC(=O)c1sc(N(C)C(=O)CCc2ccc(F)cc2)nc1C. The van der Waals surface area contributed by atoms with Gasteiger partial charge in [0.1, 0.15) is 10.7 Å². The van der Waals surface area contributed by atoms with Gasteiger partial charge in [0.2, 0.25) is 5.91 Å². The van der Waals surface area contributed by atoms with E-state index < -0.39 is 5.97 Å². The van der Waals surface area contributed by atoms with Gasteiger partial charge in [0, 0.05) is 13.5 Å². The monoisotopic (exact) mass is 350 g/mol. The molecule has 0 aliphatic rings. The molecule has 1 aromatic heterocycles. The molecule has 0 aliphatic carbocycles. The molecule has 0 radical (unpaired) electrons. The third kappa shape index (κ3) is 4.38. The Balaban J connectivity index is 2.01. The number of aryl methyl sites for hydroxylation is 2. The van der Waals surface area contributed by atoms with E-state index in [2.05, 4.69) is 4.98 Å². The van der Waals surface area contributed by atoms with E-state index in [0.29, 0.717) is 22.1 Å². The summed E-state index contributed by atoms with van der Waals surface area (Å²) in [5.74, 6) is -0.846. The van der Waals surface area contributed by atoms with Gasteiger partial charge in [0.15, 0.2) is 5.13 Å². The fraction of sp³-hybridized carbons (Fsp3) is 0.353. The van der Waals surface area contributed by atoms with Crippen molar-refractivity contribution < 1.29 is 18.7 Å². The highest BCUT2D eigenvalue weighted by Gasteiger charge is 2.21. The highest BCUT2D eigenvalue weighted by Crippen LogP contribution is 2.26. The van der Waals surface area contributed by atoms with Gasteiger partial charge >= 0.3 is 5.97 Å². The molecule has 2 rings (SSSR count). The number of aromatic nitrogens is 1. The van der Waals surface area contributed by atoms with Crippen molar-refractivity contribution in [3.63, 3.8) is 0 Å². The molecule has 7 heteroatoms. The Kier molecular flexibility index (Phi) is 6.03. The number of nitrogens with zero attached hydrogens (tertiary/aromatic N) is 2. The Bertz CT molecular complexity index is 728. The van der Waals surface area contributed by atoms with E-state index in [9.17, 15) is 14.0 Å². The fourth-order valence-electron chi connectivity index (χ4n) is 2.09. The van der Waals surface area contributed by atoms with E-state index >= 15 is 0 Å². The summed E-state index contributed by atoms with van der Waals surface area (Å²) in [7, 11) is 1.63. The lowest BCUT2D eigenvalue weighted by molar-refractivity contribution is -0.118. The van der Waals surface area contributed by atoms with Crippen molar-refractivity contribution in [2.45, 2.75) is 26.7 Å². The number of thiazole rings is 1. The number of halogens is 1. The molecule has 1 heterocycles. The molecule has 1 aromatic carbocycles. The number of hydrogen-bond acceptors (Lipinski definition) is 5. The van der Waals surface area contributed by atoms with Gasteiger partial charge < -0.3 is 4.74 Å². The lowest BCUT2D eigenvalue weighted by Gasteiger charge is -2.13. The molecule has 0 bridgehead atoms. The molecule has 0 N–H and O–H groups in total. The van der Waals surface area contributed by atoms with Crippen LogP contribution < -0.4 is 4.90 Å². The van der Waals surface area contributed by atoms with Gasteiger partial charge in [-0.1, -0.05) is 23.5 Å². The number of hydrogen-bond donors (Lipinski definition) is 0. The number of amides is 1. The van der Waals surface area contributed by atoms with Crippen LogP contribution in [-0.4, -0.2) is 30.5 Å². The van der Waals surface area contributed by atoms with Gasteiger partial charge in [-0.3, -0.25) is 9.69 Å². The average Bonchev–Trinajstić information content (AvgIpc) is 2.95. The highest BCUT2D eigenvalue weighted by molar-refractivity contribution is 7.17. The number of carbonyl (C=O) groups excluding carboxylic acids is 2. The highest BCUT2D eigenvalue weighted by atomic mass is 32.1. The molecule has 128 valence electrons. The lowest BCUT2D eigenvalue weighted by Crippen LogP contribution is -2.26. The molecule has 0 saturated heterocycles. The van der Waals surface area contributed by atoms with Crippen molar-refractivity contribution in [1.82, 2.24) is 4.98 Å². The average molecular weight is 350 g/mol. The smallest absolute Gasteiger partial charge is 0.350 e. The maximum absolute atomic E-state index is 12.9. The van der Waals surface area contributed by atoms with Crippen molar-refractivity contribution in [3.05, 3.63) is 46.2 Å². The first kappa shape index (κ1) is 18.1. The van der Waals surface area contributed by atoms with Crippen LogP contribution in [0.2, 0.25) is 0 Å². The summed E-state index contributed by atoms with van der Waals surface area (Å²) in [6, 6.07) is 6.07. The van der Waals surface area contributed by atoms with Gasteiger partial charge in [-0.25, -0.2) is 14.2 Å². The zero-order valence-electron chi connectivity index (χ0n) is 13.8. The molecule has 1 amide bonds. The summed E-state index contributed by atoms with van der Waals surface area (Å²) >= 11 is 1.14. The Morgan fingerprint density at radius 3 is 2.58 bits per heavy atom. The van der Waals surface area contributed by atoms with E-state index in [1.165, 1.54) is 17.0 Å². The van der Waals surface area contributed by atoms with Crippen LogP contribution in [0.1, 0.15) is 34.3 Å². The van der Waals surface area contributed by atoms with Crippen LogP contribution >= 0.6 is 11.3 Å². The quantitative estimate of drug-likeness (QED) is 0.750. The van der Waals surface area contributed by atoms with Gasteiger partial charge in [-0.2, -0.15) is 0 Å². The Labute approximate surface area is 144 Å². The second kappa shape index (κ2) is 8.01. The molecule has 0 atom stereocenters. The van der Waals surface area contributed by atoms with Crippen LogP contribution in [0.25, 0.3) is 0 Å². The first-order chi connectivity index (χ1) is 11.4. The lowest BCUT2D eigenvalue weighted by atomic mass is 10.1. The minimum absolute atomic E-state index is 0.122. The number of benzene rings is 1. The van der Waals surface area contributed by atoms with E-state index in [1.807, 2.05) is 0 Å². The summed E-state index contributed by atoms with van der Waals surface area (Å²) in [5.41, 5.74) is 1.44. The van der Waals surface area contributed by atoms with Gasteiger partial charge in [0.05, 0.1) is 12.3 Å². The number of rotatable bonds is 6. The van der Waals surface area contributed by atoms with E-state index in [4.69, 9.17) is 4.74 Å². The maximum Gasteiger partial charge on any atom is 0.350 e. The molecule has 0 saturated carbocycles. The molecular weight excluding hydrogens is 331 g/mol. The Morgan fingerprint density at radius 1 is 1.29 bits per heavy atom. The van der Waals surface area contributed by atoms with Crippen molar-refractivity contribution in [3.8, 4) is 0 Å². The normalized spacial score (nSPS) is 10.5. The van der Waals surface area contributed by atoms with Crippen LogP contribution in [0.3, 0.4) is 0 Å². The van der Waals surface area contributed by atoms with Gasteiger partial charge in [0.25, 0.3) is 0 Å². The summed E-state index contributed by atoms with van der Waals surface area (Å²) < 4.78 is 17.9. The third-order valence-electron chi connectivity index (χ3n) is 3.45. The predicted molar refractivity (Wildman–Crippen MR) is 90.9 cm³/mol. The largest absolute Gasteiger partial charge is 0.462 e. The summed E-state index contributed by atoms with van der Waals surface area (Å²) in [4.78, 5) is 30.2. The Hall–Kier alpha value is -2.28. The first-order valence-electron chi connectivity index (χ1n) is 7.58. The second-order valence-electron chi connectivity index (χ2n) is 5.21. The van der Waals surface area contributed by atoms with Crippen LogP contribution in [-0.2, 0) is 16.0 Å². The minimum atomic E-state index is -0.425. The molecule has 0 fully saturated rings. The zero-order valence-corrected chi connectivity index (χ0v) is 14.7. The number of esters is 1. The molecule has 0 spiro atoms. The summed E-state index contributed by atoms with van der Waals surface area (Å²) in [6.45, 7) is 3.74. The van der Waals surface area contributed by atoms with Crippen LogP contribution in [0.4, 0.5) is 9.52 Å². The Morgan fingerprint density at radius 2 is 1.96 bits per heavy atom.